The van der Waals surface area contributed by atoms with Gasteiger partial charge in [0, 0.05) is 24.3 Å². The predicted molar refractivity (Wildman–Crippen MR) is 133 cm³/mol. The zero-order chi connectivity index (χ0) is 21.7. The van der Waals surface area contributed by atoms with E-state index in [0.717, 1.165) is 28.9 Å². The van der Waals surface area contributed by atoms with Crippen LogP contribution in [0, 0.1) is 13.8 Å². The van der Waals surface area contributed by atoms with Crippen molar-refractivity contribution < 1.29 is 8.42 Å². The summed E-state index contributed by atoms with van der Waals surface area (Å²) in [6.45, 7) is 11.2. The van der Waals surface area contributed by atoms with Crippen LogP contribution in [-0.2, 0) is 16.6 Å². The van der Waals surface area contributed by atoms with Crippen molar-refractivity contribution in [3.63, 3.8) is 0 Å². The summed E-state index contributed by atoms with van der Waals surface area (Å²) in [6, 6.07) is 10.1. The van der Waals surface area contributed by atoms with Gasteiger partial charge < -0.3 is 10.6 Å². The summed E-state index contributed by atoms with van der Waals surface area (Å²) < 4.78 is 27.6. The van der Waals surface area contributed by atoms with Gasteiger partial charge in [-0.3, -0.25) is 0 Å². The van der Waals surface area contributed by atoms with Gasteiger partial charge in [-0.15, -0.1) is 24.0 Å². The third-order valence-electron chi connectivity index (χ3n) is 4.14. The first-order chi connectivity index (χ1) is 13.5. The molecule has 2 rings (SSSR count). The highest BCUT2D eigenvalue weighted by Gasteiger charge is 2.22. The average molecular weight is 548 g/mol. The fraction of sp³-hybridized carbons (Fsp3) is 0.500. The molecule has 1 aromatic carbocycles. The molecule has 30 heavy (non-hydrogen) atoms. The number of sulfonamides is 1. The van der Waals surface area contributed by atoms with Crippen molar-refractivity contribution in [3.8, 4) is 5.69 Å². The molecule has 0 aliphatic carbocycles. The number of para-hydroxylation sites is 1. The Labute approximate surface area is 197 Å². The van der Waals surface area contributed by atoms with E-state index in [1.165, 1.54) is 0 Å². The maximum atomic E-state index is 11.5. The lowest BCUT2D eigenvalue weighted by atomic mass is 10.1. The van der Waals surface area contributed by atoms with Gasteiger partial charge in [-0.25, -0.2) is 22.8 Å². The van der Waals surface area contributed by atoms with Crippen molar-refractivity contribution in [1.29, 1.82) is 0 Å². The van der Waals surface area contributed by atoms with E-state index in [0.29, 0.717) is 25.6 Å². The number of aliphatic imine (C=N–C) groups is 1. The van der Waals surface area contributed by atoms with Gasteiger partial charge in [-0.1, -0.05) is 18.2 Å². The summed E-state index contributed by atoms with van der Waals surface area (Å²) in [5.41, 5.74) is 3.43. The highest BCUT2D eigenvalue weighted by molar-refractivity contribution is 14.0. The van der Waals surface area contributed by atoms with E-state index in [-0.39, 0.29) is 24.0 Å². The first-order valence-electron chi connectivity index (χ1n) is 9.63. The van der Waals surface area contributed by atoms with E-state index >= 15 is 0 Å². The molecule has 8 nitrogen and oxygen atoms in total. The van der Waals surface area contributed by atoms with E-state index in [1.54, 1.807) is 0 Å². The number of aryl methyl sites for hydroxylation is 2. The maximum absolute atomic E-state index is 11.5. The maximum Gasteiger partial charge on any atom is 0.209 e. The molecule has 168 valence electrons. The van der Waals surface area contributed by atoms with Crippen LogP contribution in [0.3, 0.4) is 0 Å². The number of hydrogen-bond acceptors (Lipinski definition) is 4. The first kappa shape index (κ1) is 26.4. The van der Waals surface area contributed by atoms with Crippen LogP contribution in [0.5, 0.6) is 0 Å². The van der Waals surface area contributed by atoms with Gasteiger partial charge in [-0.2, -0.15) is 5.10 Å². The SMILES string of the molecule is CCNC(=NCc1ccccc1-n1nc(C)cc1C)NCC(C)(C)NS(C)(=O)=O.I. The zero-order valence-corrected chi connectivity index (χ0v) is 21.6. The Bertz CT molecular complexity index is 969. The van der Waals surface area contributed by atoms with Crippen LogP contribution in [-0.4, -0.2) is 49.0 Å². The Morgan fingerprint density at radius 3 is 2.43 bits per heavy atom. The number of aromatic nitrogens is 2. The Kier molecular flexibility index (Phi) is 9.76. The second kappa shape index (κ2) is 11.1. The molecule has 1 heterocycles. The van der Waals surface area contributed by atoms with Crippen molar-refractivity contribution in [2.75, 3.05) is 19.3 Å². The van der Waals surface area contributed by atoms with Crippen LogP contribution in [0.4, 0.5) is 0 Å². The fourth-order valence-corrected chi connectivity index (χ4v) is 4.15. The Morgan fingerprint density at radius 1 is 1.20 bits per heavy atom. The van der Waals surface area contributed by atoms with E-state index in [2.05, 4.69) is 25.4 Å². The summed E-state index contributed by atoms with van der Waals surface area (Å²) in [5, 5.41) is 11.0. The summed E-state index contributed by atoms with van der Waals surface area (Å²) in [7, 11) is -3.30. The monoisotopic (exact) mass is 548 g/mol. The number of nitrogens with one attached hydrogen (secondary N) is 3. The van der Waals surface area contributed by atoms with E-state index in [9.17, 15) is 8.42 Å². The summed E-state index contributed by atoms with van der Waals surface area (Å²) in [4.78, 5) is 4.68. The Morgan fingerprint density at radius 2 is 1.87 bits per heavy atom. The van der Waals surface area contributed by atoms with Gasteiger partial charge in [0.05, 0.1) is 24.2 Å². The average Bonchev–Trinajstić information content (AvgIpc) is 2.94. The number of nitrogens with zero attached hydrogens (tertiary/aromatic N) is 3. The van der Waals surface area contributed by atoms with Gasteiger partial charge >= 0.3 is 0 Å². The largest absolute Gasteiger partial charge is 0.357 e. The highest BCUT2D eigenvalue weighted by atomic mass is 127. The van der Waals surface area contributed by atoms with Crippen molar-refractivity contribution in [3.05, 3.63) is 47.3 Å². The van der Waals surface area contributed by atoms with Crippen molar-refractivity contribution in [1.82, 2.24) is 25.1 Å². The number of rotatable bonds is 8. The molecule has 0 radical (unpaired) electrons. The molecule has 0 atom stereocenters. The third-order valence-corrected chi connectivity index (χ3v) is 5.06. The minimum atomic E-state index is -3.30. The Hall–Kier alpha value is -1.66. The molecule has 0 bridgehead atoms. The molecule has 0 spiro atoms. The first-order valence-corrected chi connectivity index (χ1v) is 11.5. The number of benzene rings is 1. The smallest absolute Gasteiger partial charge is 0.209 e. The normalized spacial score (nSPS) is 12.4. The molecule has 0 amide bonds. The van der Waals surface area contributed by atoms with Gasteiger partial charge in [-0.05, 0) is 52.3 Å². The standard InChI is InChI=1S/C20H32N6O2S.HI/c1-7-21-19(23-14-20(4,5)25-29(6,27)28)22-13-17-10-8-9-11-18(17)26-16(3)12-15(2)24-26;/h8-12,25H,7,13-14H2,1-6H3,(H2,21,22,23);1H. The van der Waals surface area contributed by atoms with Crippen LogP contribution >= 0.6 is 24.0 Å². The third kappa shape index (κ3) is 8.23. The molecule has 2 aromatic rings. The van der Waals surface area contributed by atoms with Gasteiger partial charge in [0.1, 0.15) is 0 Å². The number of hydrogen-bond donors (Lipinski definition) is 3. The predicted octanol–water partition coefficient (Wildman–Crippen LogP) is 2.49. The van der Waals surface area contributed by atoms with E-state index < -0.39 is 15.6 Å². The molecule has 10 heteroatoms. The van der Waals surface area contributed by atoms with Gasteiger partial charge in [0.2, 0.25) is 10.0 Å². The van der Waals surface area contributed by atoms with Gasteiger partial charge in [0.25, 0.3) is 0 Å². The van der Waals surface area contributed by atoms with Crippen molar-refractivity contribution >= 4 is 40.0 Å². The van der Waals surface area contributed by atoms with Crippen molar-refractivity contribution in [2.45, 2.75) is 46.7 Å². The van der Waals surface area contributed by atoms with Crippen LogP contribution < -0.4 is 15.4 Å². The molecular weight excluding hydrogens is 515 g/mol. The van der Waals surface area contributed by atoms with Crippen LogP contribution in [0.2, 0.25) is 0 Å². The molecule has 0 aliphatic rings. The molecule has 3 N–H and O–H groups in total. The minimum absolute atomic E-state index is 0. The molecule has 0 saturated heterocycles. The van der Waals surface area contributed by atoms with Gasteiger partial charge in [0.15, 0.2) is 5.96 Å². The van der Waals surface area contributed by atoms with Crippen LogP contribution in [0.1, 0.15) is 37.7 Å². The highest BCUT2D eigenvalue weighted by Crippen LogP contribution is 2.17. The summed E-state index contributed by atoms with van der Waals surface area (Å²) in [5.74, 6) is 0.624. The lowest BCUT2D eigenvalue weighted by Crippen LogP contribution is -2.53. The molecule has 0 unspecified atom stereocenters. The van der Waals surface area contributed by atoms with E-state index in [1.807, 2.05) is 69.6 Å². The molecule has 0 fully saturated rings. The molecular formula is C20H33IN6O2S. The molecule has 0 saturated carbocycles. The van der Waals surface area contributed by atoms with E-state index in [4.69, 9.17) is 0 Å². The second-order valence-electron chi connectivity index (χ2n) is 7.77. The lowest BCUT2D eigenvalue weighted by molar-refractivity contribution is 0.446. The van der Waals surface area contributed by atoms with Crippen molar-refractivity contribution in [2.24, 2.45) is 4.99 Å². The minimum Gasteiger partial charge on any atom is -0.357 e. The number of halogens is 1. The second-order valence-corrected chi connectivity index (χ2v) is 9.52. The fourth-order valence-electron chi connectivity index (χ4n) is 3.07. The van der Waals surface area contributed by atoms with Crippen LogP contribution in [0.15, 0.2) is 35.3 Å². The molecule has 0 aliphatic heterocycles. The lowest BCUT2D eigenvalue weighted by Gasteiger charge is -2.26. The summed E-state index contributed by atoms with van der Waals surface area (Å²) in [6.07, 6.45) is 1.16. The quantitative estimate of drug-likeness (QED) is 0.268. The Balaban J connectivity index is 0.00000450. The summed E-state index contributed by atoms with van der Waals surface area (Å²) >= 11 is 0. The topological polar surface area (TPSA) is 100 Å². The van der Waals surface area contributed by atoms with Crippen LogP contribution in [0.25, 0.3) is 5.69 Å². The zero-order valence-electron chi connectivity index (χ0n) is 18.5. The molecule has 1 aromatic heterocycles. The number of guanidine groups is 1.